The summed E-state index contributed by atoms with van der Waals surface area (Å²) >= 11 is 0. The van der Waals surface area contributed by atoms with Crippen LogP contribution in [0, 0.1) is 6.92 Å². The number of ether oxygens (including phenoxy) is 1. The highest BCUT2D eigenvalue weighted by Gasteiger charge is 2.16. The van der Waals surface area contributed by atoms with E-state index >= 15 is 0 Å². The zero-order chi connectivity index (χ0) is 16.5. The van der Waals surface area contributed by atoms with Crippen LogP contribution >= 0.6 is 0 Å². The van der Waals surface area contributed by atoms with Crippen LogP contribution in [0.2, 0.25) is 0 Å². The van der Waals surface area contributed by atoms with Crippen molar-refractivity contribution in [2.45, 2.75) is 33.2 Å². The Morgan fingerprint density at radius 3 is 2.41 bits per heavy atom. The topological polar surface area (TPSA) is 84.5 Å². The first-order chi connectivity index (χ1) is 10.4. The minimum Gasteiger partial charge on any atom is -0.452 e. The number of hydrogen-bond acceptors (Lipinski definition) is 4. The average molecular weight is 306 g/mol. The van der Waals surface area contributed by atoms with E-state index in [4.69, 9.17) is 4.74 Å². The van der Waals surface area contributed by atoms with Gasteiger partial charge in [0, 0.05) is 6.54 Å². The number of carbonyl (C=O) groups excluding carboxylic acids is 3. The van der Waals surface area contributed by atoms with Crippen molar-refractivity contribution in [3.05, 3.63) is 35.4 Å². The number of nitrogens with one attached hydrogen (secondary N) is 2. The summed E-state index contributed by atoms with van der Waals surface area (Å²) in [5.41, 5.74) is 1.41. The van der Waals surface area contributed by atoms with Crippen molar-refractivity contribution in [2.75, 3.05) is 13.2 Å². The highest BCUT2D eigenvalue weighted by Crippen LogP contribution is 2.04. The van der Waals surface area contributed by atoms with Crippen molar-refractivity contribution in [1.29, 1.82) is 0 Å². The van der Waals surface area contributed by atoms with Crippen molar-refractivity contribution < 1.29 is 19.1 Å². The molecule has 0 aliphatic heterocycles. The third-order valence-corrected chi connectivity index (χ3v) is 2.94. The quantitative estimate of drug-likeness (QED) is 0.741. The summed E-state index contributed by atoms with van der Waals surface area (Å²) in [6.45, 7) is 5.56. The lowest BCUT2D eigenvalue weighted by Crippen LogP contribution is -2.46. The smallest absolute Gasteiger partial charge is 0.338 e. The predicted molar refractivity (Wildman–Crippen MR) is 82.4 cm³/mol. The maximum atomic E-state index is 11.7. The maximum Gasteiger partial charge on any atom is 0.338 e. The van der Waals surface area contributed by atoms with E-state index in [1.165, 1.54) is 0 Å². The van der Waals surface area contributed by atoms with Crippen LogP contribution in [0.15, 0.2) is 24.3 Å². The summed E-state index contributed by atoms with van der Waals surface area (Å²) in [5.74, 6) is -1.35. The average Bonchev–Trinajstić information content (AvgIpc) is 2.50. The Morgan fingerprint density at radius 2 is 1.82 bits per heavy atom. The SMILES string of the molecule is CCCNC(=O)[C@@H](C)NC(=O)COC(=O)c1ccc(C)cc1. The summed E-state index contributed by atoms with van der Waals surface area (Å²) in [6, 6.07) is 6.18. The zero-order valence-electron chi connectivity index (χ0n) is 13.1. The van der Waals surface area contributed by atoms with E-state index in [-0.39, 0.29) is 5.91 Å². The van der Waals surface area contributed by atoms with Crippen LogP contribution in [0.5, 0.6) is 0 Å². The molecule has 0 aliphatic rings. The van der Waals surface area contributed by atoms with Gasteiger partial charge < -0.3 is 15.4 Å². The van der Waals surface area contributed by atoms with E-state index < -0.39 is 24.5 Å². The Hall–Kier alpha value is -2.37. The number of benzene rings is 1. The van der Waals surface area contributed by atoms with Crippen LogP contribution in [0.4, 0.5) is 0 Å². The normalized spacial score (nSPS) is 11.4. The van der Waals surface area contributed by atoms with E-state index in [0.29, 0.717) is 12.1 Å². The van der Waals surface area contributed by atoms with E-state index in [1.807, 2.05) is 13.8 Å². The van der Waals surface area contributed by atoms with E-state index in [2.05, 4.69) is 10.6 Å². The van der Waals surface area contributed by atoms with Crippen molar-refractivity contribution in [3.63, 3.8) is 0 Å². The van der Waals surface area contributed by atoms with Gasteiger partial charge in [0.2, 0.25) is 5.91 Å². The van der Waals surface area contributed by atoms with Crippen molar-refractivity contribution in [3.8, 4) is 0 Å². The van der Waals surface area contributed by atoms with E-state index in [9.17, 15) is 14.4 Å². The van der Waals surface area contributed by atoms with Crippen LogP contribution in [-0.2, 0) is 14.3 Å². The van der Waals surface area contributed by atoms with E-state index in [0.717, 1.165) is 12.0 Å². The highest BCUT2D eigenvalue weighted by atomic mass is 16.5. The summed E-state index contributed by atoms with van der Waals surface area (Å²) in [4.78, 5) is 35.0. The Morgan fingerprint density at radius 1 is 1.18 bits per heavy atom. The Kier molecular flexibility index (Phi) is 7.08. The summed E-state index contributed by atoms with van der Waals surface area (Å²) in [5, 5.41) is 5.15. The molecule has 0 saturated carbocycles. The fraction of sp³-hybridized carbons (Fsp3) is 0.438. The maximum absolute atomic E-state index is 11.7. The van der Waals surface area contributed by atoms with Crippen molar-refractivity contribution in [2.24, 2.45) is 0 Å². The fourth-order valence-electron chi connectivity index (χ4n) is 1.65. The molecular weight excluding hydrogens is 284 g/mol. The summed E-state index contributed by atoms with van der Waals surface area (Å²) in [6.07, 6.45) is 0.820. The van der Waals surface area contributed by atoms with Crippen LogP contribution < -0.4 is 10.6 Å². The standard InChI is InChI=1S/C16H22N2O4/c1-4-9-17-15(20)12(3)18-14(19)10-22-16(21)13-7-5-11(2)6-8-13/h5-8,12H,4,9-10H2,1-3H3,(H,17,20)(H,18,19)/t12-/m1/s1. The van der Waals surface area contributed by atoms with E-state index in [1.54, 1.807) is 31.2 Å². The first kappa shape index (κ1) is 17.7. The lowest BCUT2D eigenvalue weighted by molar-refractivity contribution is -0.130. The van der Waals surface area contributed by atoms with Gasteiger partial charge in [-0.05, 0) is 32.4 Å². The molecule has 0 unspecified atom stereocenters. The van der Waals surface area contributed by atoms with Gasteiger partial charge >= 0.3 is 5.97 Å². The predicted octanol–water partition coefficient (Wildman–Crippen LogP) is 1.18. The Bertz CT molecular complexity index is 525. The number of amides is 2. The molecule has 1 atom stereocenters. The molecule has 6 heteroatoms. The summed E-state index contributed by atoms with van der Waals surface area (Å²) < 4.78 is 4.91. The lowest BCUT2D eigenvalue weighted by atomic mass is 10.1. The van der Waals surface area contributed by atoms with Gasteiger partial charge in [-0.1, -0.05) is 24.6 Å². The number of carbonyl (C=O) groups is 3. The monoisotopic (exact) mass is 306 g/mol. The first-order valence-corrected chi connectivity index (χ1v) is 7.25. The molecule has 0 aliphatic carbocycles. The molecule has 0 aromatic heterocycles. The Balaban J connectivity index is 2.37. The van der Waals surface area contributed by atoms with Crippen LogP contribution in [0.1, 0.15) is 36.2 Å². The van der Waals surface area contributed by atoms with Gasteiger partial charge in [-0.2, -0.15) is 0 Å². The van der Waals surface area contributed by atoms with Crippen LogP contribution in [0.3, 0.4) is 0 Å². The largest absolute Gasteiger partial charge is 0.452 e. The van der Waals surface area contributed by atoms with Gasteiger partial charge in [-0.25, -0.2) is 4.79 Å². The molecule has 0 fully saturated rings. The second kappa shape index (κ2) is 8.81. The fourth-order valence-corrected chi connectivity index (χ4v) is 1.65. The van der Waals surface area contributed by atoms with Crippen LogP contribution in [0.25, 0.3) is 0 Å². The molecule has 2 amide bonds. The lowest BCUT2D eigenvalue weighted by Gasteiger charge is -2.13. The first-order valence-electron chi connectivity index (χ1n) is 7.25. The molecule has 1 rings (SSSR count). The zero-order valence-corrected chi connectivity index (χ0v) is 13.1. The third kappa shape index (κ3) is 5.95. The molecule has 22 heavy (non-hydrogen) atoms. The third-order valence-electron chi connectivity index (χ3n) is 2.94. The van der Waals surface area contributed by atoms with Gasteiger partial charge in [-0.3, -0.25) is 9.59 Å². The number of hydrogen-bond donors (Lipinski definition) is 2. The van der Waals surface area contributed by atoms with Gasteiger partial charge in [0.05, 0.1) is 5.56 Å². The van der Waals surface area contributed by atoms with Gasteiger partial charge in [0.1, 0.15) is 6.04 Å². The highest BCUT2D eigenvalue weighted by molar-refractivity contribution is 5.92. The van der Waals surface area contributed by atoms with Gasteiger partial charge in [0.25, 0.3) is 5.91 Å². The molecule has 120 valence electrons. The van der Waals surface area contributed by atoms with Crippen molar-refractivity contribution >= 4 is 17.8 Å². The second-order valence-corrected chi connectivity index (χ2v) is 5.02. The molecule has 0 bridgehead atoms. The molecule has 2 N–H and O–H groups in total. The minimum absolute atomic E-state index is 0.264. The van der Waals surface area contributed by atoms with Gasteiger partial charge in [-0.15, -0.1) is 0 Å². The van der Waals surface area contributed by atoms with Crippen LogP contribution in [-0.4, -0.2) is 37.0 Å². The second-order valence-electron chi connectivity index (χ2n) is 5.02. The molecule has 0 spiro atoms. The summed E-state index contributed by atoms with van der Waals surface area (Å²) in [7, 11) is 0. The molecule has 1 aromatic carbocycles. The number of aryl methyl sites for hydroxylation is 1. The molecule has 6 nitrogen and oxygen atoms in total. The molecular formula is C16H22N2O4. The number of rotatable bonds is 7. The molecule has 0 radical (unpaired) electrons. The molecule has 1 aromatic rings. The molecule has 0 saturated heterocycles. The van der Waals surface area contributed by atoms with Crippen molar-refractivity contribution in [1.82, 2.24) is 10.6 Å². The molecule has 0 heterocycles. The number of esters is 1. The minimum atomic E-state index is -0.669. The van der Waals surface area contributed by atoms with Gasteiger partial charge in [0.15, 0.2) is 6.61 Å². The Labute approximate surface area is 130 Å².